The summed E-state index contributed by atoms with van der Waals surface area (Å²) in [5.74, 6) is -0.765. The number of nitrogens with one attached hydrogen (secondary N) is 3. The van der Waals surface area contributed by atoms with Crippen LogP contribution >= 0.6 is 0 Å². The van der Waals surface area contributed by atoms with Gasteiger partial charge in [-0.2, -0.15) is 5.26 Å². The van der Waals surface area contributed by atoms with Crippen molar-refractivity contribution in [3.63, 3.8) is 0 Å². The third kappa shape index (κ3) is 4.29. The zero-order valence-electron chi connectivity index (χ0n) is 14.2. The molecule has 2 atom stereocenters. The fraction of sp³-hybridized carbons (Fsp3) is 0.471. The summed E-state index contributed by atoms with van der Waals surface area (Å²) in [6.45, 7) is 2.72. The Morgan fingerprint density at radius 2 is 2.19 bits per heavy atom. The van der Waals surface area contributed by atoms with Crippen molar-refractivity contribution in [1.82, 2.24) is 15.5 Å². The number of carbonyl (C=O) groups is 2. The molecule has 0 aliphatic carbocycles. The topological polar surface area (TPSA) is 127 Å². The van der Waals surface area contributed by atoms with E-state index < -0.39 is 6.17 Å². The van der Waals surface area contributed by atoms with Gasteiger partial charge < -0.3 is 20.5 Å². The van der Waals surface area contributed by atoms with E-state index in [0.717, 1.165) is 13.1 Å². The summed E-state index contributed by atoms with van der Waals surface area (Å²) in [5, 5.41) is 27.5. The summed E-state index contributed by atoms with van der Waals surface area (Å²) in [6.07, 6.45) is -0.322. The molecular weight excluding hydrogens is 338 g/mol. The minimum Gasteiger partial charge on any atom is -0.504 e. The number of anilines is 1. The van der Waals surface area contributed by atoms with E-state index in [0.29, 0.717) is 19.6 Å². The molecule has 2 aliphatic heterocycles. The third-order valence-corrected chi connectivity index (χ3v) is 4.41. The molecule has 1 aromatic carbocycles. The van der Waals surface area contributed by atoms with Crippen LogP contribution in [-0.2, 0) is 14.3 Å². The van der Waals surface area contributed by atoms with Crippen LogP contribution in [0, 0.1) is 11.3 Å². The van der Waals surface area contributed by atoms with Gasteiger partial charge in [0.15, 0.2) is 5.75 Å². The second-order valence-corrected chi connectivity index (χ2v) is 6.22. The van der Waals surface area contributed by atoms with Gasteiger partial charge >= 0.3 is 0 Å². The predicted molar refractivity (Wildman–Crippen MR) is 91.9 cm³/mol. The van der Waals surface area contributed by atoms with Crippen LogP contribution in [0.3, 0.4) is 0 Å². The van der Waals surface area contributed by atoms with E-state index >= 15 is 0 Å². The number of nitrogens with zero attached hydrogens (tertiary/aromatic N) is 2. The fourth-order valence-corrected chi connectivity index (χ4v) is 3.12. The standard InChI is InChI=1S/C17H21N5O4/c18-10-11-2-1-3-12(17(11)25)19-15(23)8-13-20-14(9-16(24)21-13)22-4-6-26-7-5-22/h1-3,13-14,20,25H,4-9H2,(H,19,23)(H,21,24). The highest BCUT2D eigenvalue weighted by molar-refractivity contribution is 5.93. The molecule has 9 heteroatoms. The third-order valence-electron chi connectivity index (χ3n) is 4.41. The largest absolute Gasteiger partial charge is 0.504 e. The first-order valence-corrected chi connectivity index (χ1v) is 8.46. The van der Waals surface area contributed by atoms with Gasteiger partial charge in [0, 0.05) is 13.1 Å². The smallest absolute Gasteiger partial charge is 0.227 e. The van der Waals surface area contributed by atoms with Crippen LogP contribution in [0.5, 0.6) is 5.75 Å². The molecule has 0 bridgehead atoms. The van der Waals surface area contributed by atoms with Crippen molar-refractivity contribution in [2.45, 2.75) is 25.2 Å². The lowest BCUT2D eigenvalue weighted by atomic mass is 10.1. The number of aromatic hydroxyl groups is 1. The molecule has 0 saturated carbocycles. The zero-order chi connectivity index (χ0) is 18.5. The molecular formula is C17H21N5O4. The van der Waals surface area contributed by atoms with Gasteiger partial charge in [0.25, 0.3) is 0 Å². The van der Waals surface area contributed by atoms with Crippen molar-refractivity contribution in [3.8, 4) is 11.8 Å². The number of benzene rings is 1. The Kier molecular flexibility index (Phi) is 5.68. The first kappa shape index (κ1) is 18.1. The van der Waals surface area contributed by atoms with Gasteiger partial charge in [-0.15, -0.1) is 0 Å². The van der Waals surface area contributed by atoms with Gasteiger partial charge in [0.1, 0.15) is 6.07 Å². The number of nitriles is 1. The maximum atomic E-state index is 12.3. The van der Waals surface area contributed by atoms with Gasteiger partial charge in [0.2, 0.25) is 11.8 Å². The second kappa shape index (κ2) is 8.14. The number of ether oxygens (including phenoxy) is 1. The van der Waals surface area contributed by atoms with Crippen molar-refractivity contribution < 1.29 is 19.4 Å². The van der Waals surface area contributed by atoms with Gasteiger partial charge in [-0.1, -0.05) is 6.07 Å². The van der Waals surface area contributed by atoms with Crippen LogP contribution in [0.1, 0.15) is 18.4 Å². The van der Waals surface area contributed by atoms with Crippen LogP contribution in [0.25, 0.3) is 0 Å². The Morgan fingerprint density at radius 1 is 1.42 bits per heavy atom. The minimum atomic E-state index is -0.509. The summed E-state index contributed by atoms with van der Waals surface area (Å²) in [6, 6.07) is 6.39. The normalized spacial score (nSPS) is 23.7. The van der Waals surface area contributed by atoms with E-state index in [1.165, 1.54) is 12.1 Å². The summed E-state index contributed by atoms with van der Waals surface area (Å²) < 4.78 is 5.32. The average molecular weight is 359 g/mol. The number of carbonyl (C=O) groups excluding carboxylic acids is 2. The highest BCUT2D eigenvalue weighted by Crippen LogP contribution is 2.26. The lowest BCUT2D eigenvalue weighted by molar-refractivity contribution is -0.128. The number of phenols is 1. The molecule has 2 heterocycles. The van der Waals surface area contributed by atoms with Crippen LogP contribution < -0.4 is 16.0 Å². The number of hydrogen-bond acceptors (Lipinski definition) is 7. The molecule has 3 rings (SSSR count). The number of phenolic OH excluding ortho intramolecular Hbond substituents is 1. The maximum Gasteiger partial charge on any atom is 0.227 e. The minimum absolute atomic E-state index is 0.00278. The quantitative estimate of drug-likeness (QED) is 0.543. The van der Waals surface area contributed by atoms with Crippen LogP contribution in [-0.4, -0.2) is 60.5 Å². The first-order valence-electron chi connectivity index (χ1n) is 8.46. The Labute approximate surface area is 150 Å². The SMILES string of the molecule is N#Cc1cccc(NC(=O)CC2NC(=O)CC(N3CCOCC3)N2)c1O. The molecule has 138 valence electrons. The van der Waals surface area contributed by atoms with E-state index in [4.69, 9.17) is 10.00 Å². The molecule has 4 N–H and O–H groups in total. The van der Waals surface area contributed by atoms with Gasteiger partial charge in [-0.25, -0.2) is 0 Å². The van der Waals surface area contributed by atoms with E-state index in [1.54, 1.807) is 6.07 Å². The molecule has 2 fully saturated rings. The van der Waals surface area contributed by atoms with Crippen LogP contribution in [0.15, 0.2) is 18.2 Å². The van der Waals surface area contributed by atoms with Crippen molar-refractivity contribution >= 4 is 17.5 Å². The number of para-hydroxylation sites is 1. The second-order valence-electron chi connectivity index (χ2n) is 6.22. The van der Waals surface area contributed by atoms with Gasteiger partial charge in [0.05, 0.1) is 49.6 Å². The van der Waals surface area contributed by atoms with Crippen molar-refractivity contribution in [2.24, 2.45) is 0 Å². The predicted octanol–water partition coefficient (Wildman–Crippen LogP) is -0.314. The Hall–Kier alpha value is -2.67. The lowest BCUT2D eigenvalue weighted by Gasteiger charge is -2.40. The number of amides is 2. The summed E-state index contributed by atoms with van der Waals surface area (Å²) in [5.41, 5.74) is 0.250. The van der Waals surface area contributed by atoms with E-state index in [-0.39, 0.29) is 41.4 Å². The highest BCUT2D eigenvalue weighted by atomic mass is 16.5. The monoisotopic (exact) mass is 359 g/mol. The fourth-order valence-electron chi connectivity index (χ4n) is 3.12. The molecule has 2 aliphatic rings. The van der Waals surface area contributed by atoms with Crippen LogP contribution in [0.2, 0.25) is 0 Å². The maximum absolute atomic E-state index is 12.3. The van der Waals surface area contributed by atoms with E-state index in [2.05, 4.69) is 20.9 Å². The van der Waals surface area contributed by atoms with Crippen molar-refractivity contribution in [2.75, 3.05) is 31.6 Å². The van der Waals surface area contributed by atoms with Crippen molar-refractivity contribution in [3.05, 3.63) is 23.8 Å². The lowest BCUT2D eigenvalue weighted by Crippen LogP contribution is -2.63. The first-order chi connectivity index (χ1) is 12.6. The Morgan fingerprint density at radius 3 is 2.92 bits per heavy atom. The molecule has 0 aromatic heterocycles. The average Bonchev–Trinajstić information content (AvgIpc) is 2.63. The van der Waals surface area contributed by atoms with Gasteiger partial charge in [-0.3, -0.25) is 19.8 Å². The number of hydrogen-bond donors (Lipinski definition) is 4. The van der Waals surface area contributed by atoms with Crippen LogP contribution in [0.4, 0.5) is 5.69 Å². The molecule has 2 saturated heterocycles. The highest BCUT2D eigenvalue weighted by Gasteiger charge is 2.31. The van der Waals surface area contributed by atoms with Gasteiger partial charge in [-0.05, 0) is 12.1 Å². The number of morpholine rings is 1. The summed E-state index contributed by atoms with van der Waals surface area (Å²) in [4.78, 5) is 26.4. The molecule has 2 unspecified atom stereocenters. The van der Waals surface area contributed by atoms with Crippen molar-refractivity contribution in [1.29, 1.82) is 5.26 Å². The molecule has 1 aromatic rings. The van der Waals surface area contributed by atoms with E-state index in [9.17, 15) is 14.7 Å². The molecule has 0 radical (unpaired) electrons. The molecule has 26 heavy (non-hydrogen) atoms. The Bertz CT molecular complexity index is 726. The number of rotatable bonds is 4. The summed E-state index contributed by atoms with van der Waals surface area (Å²) in [7, 11) is 0. The van der Waals surface area contributed by atoms with E-state index in [1.807, 2.05) is 6.07 Å². The molecule has 2 amide bonds. The zero-order valence-corrected chi connectivity index (χ0v) is 14.2. The summed E-state index contributed by atoms with van der Waals surface area (Å²) >= 11 is 0. The Balaban J connectivity index is 1.60. The molecule has 9 nitrogen and oxygen atoms in total. The molecule has 0 spiro atoms.